The van der Waals surface area contributed by atoms with E-state index in [-0.39, 0.29) is 17.7 Å². The van der Waals surface area contributed by atoms with Crippen LogP contribution in [0.5, 0.6) is 0 Å². The van der Waals surface area contributed by atoms with Crippen LogP contribution >= 0.6 is 11.8 Å². The molecule has 0 bridgehead atoms. The van der Waals surface area contributed by atoms with Gasteiger partial charge in [0, 0.05) is 18.0 Å². The van der Waals surface area contributed by atoms with Crippen LogP contribution < -0.4 is 4.72 Å². The van der Waals surface area contributed by atoms with E-state index in [0.29, 0.717) is 5.56 Å². The number of aliphatic hydroxyl groups excluding tert-OH is 1. The van der Waals surface area contributed by atoms with Crippen molar-refractivity contribution in [2.45, 2.75) is 30.5 Å². The molecule has 1 atom stereocenters. The van der Waals surface area contributed by atoms with E-state index < -0.39 is 10.0 Å². The number of aliphatic hydroxyl groups is 1. The van der Waals surface area contributed by atoms with E-state index in [0.717, 1.165) is 24.3 Å². The summed E-state index contributed by atoms with van der Waals surface area (Å²) in [7, 11) is -3.54. The molecule has 2 heterocycles. The Kier molecular flexibility index (Phi) is 4.60. The Morgan fingerprint density at radius 2 is 2.33 bits per heavy atom. The molecular weight excluding hydrogens is 272 g/mol. The minimum Gasteiger partial charge on any atom is -0.392 e. The maximum atomic E-state index is 12.1. The first-order chi connectivity index (χ1) is 8.62. The zero-order chi connectivity index (χ0) is 13.0. The van der Waals surface area contributed by atoms with Gasteiger partial charge in [0.05, 0.1) is 6.61 Å². The minimum atomic E-state index is -3.54. The van der Waals surface area contributed by atoms with Crippen LogP contribution in [0.15, 0.2) is 23.4 Å². The van der Waals surface area contributed by atoms with Crippen molar-refractivity contribution in [2.75, 3.05) is 11.5 Å². The molecule has 100 valence electrons. The number of hydrogen-bond acceptors (Lipinski definition) is 5. The van der Waals surface area contributed by atoms with Crippen LogP contribution in [-0.2, 0) is 16.6 Å². The molecule has 1 aromatic rings. The van der Waals surface area contributed by atoms with Crippen molar-refractivity contribution in [1.29, 1.82) is 0 Å². The smallest absolute Gasteiger partial charge is 0.258 e. The summed E-state index contributed by atoms with van der Waals surface area (Å²) in [6, 6.07) is 2.98. The van der Waals surface area contributed by atoms with Crippen LogP contribution in [0.1, 0.15) is 18.4 Å². The minimum absolute atomic E-state index is 0.00642. The normalized spacial score (nSPS) is 20.8. The van der Waals surface area contributed by atoms with Crippen molar-refractivity contribution in [3.63, 3.8) is 0 Å². The van der Waals surface area contributed by atoms with E-state index in [1.54, 1.807) is 17.8 Å². The fraction of sp³-hybridized carbons (Fsp3) is 0.545. The molecule has 1 aliphatic heterocycles. The van der Waals surface area contributed by atoms with Gasteiger partial charge in [-0.1, -0.05) is 6.07 Å². The molecule has 1 fully saturated rings. The van der Waals surface area contributed by atoms with E-state index in [1.165, 1.54) is 12.3 Å². The molecule has 0 amide bonds. The SMILES string of the molecule is O=S(=O)(NC1CCCSC1)c1ccc(CO)cn1. The summed E-state index contributed by atoms with van der Waals surface area (Å²) in [5.74, 6) is 1.91. The molecule has 1 unspecified atom stereocenters. The van der Waals surface area contributed by atoms with Crippen molar-refractivity contribution in [1.82, 2.24) is 9.71 Å². The predicted molar refractivity (Wildman–Crippen MR) is 70.8 cm³/mol. The number of nitrogens with one attached hydrogen (secondary N) is 1. The number of sulfonamides is 1. The highest BCUT2D eigenvalue weighted by Crippen LogP contribution is 2.18. The van der Waals surface area contributed by atoms with Crippen molar-refractivity contribution in [3.05, 3.63) is 23.9 Å². The van der Waals surface area contributed by atoms with Crippen LogP contribution in [0, 0.1) is 0 Å². The Hall–Kier alpha value is -0.630. The second-order valence-corrected chi connectivity index (χ2v) is 7.01. The lowest BCUT2D eigenvalue weighted by Gasteiger charge is -2.21. The molecule has 2 rings (SSSR count). The van der Waals surface area contributed by atoms with Crippen molar-refractivity contribution < 1.29 is 13.5 Å². The van der Waals surface area contributed by atoms with Gasteiger partial charge < -0.3 is 5.11 Å². The Morgan fingerprint density at radius 1 is 1.50 bits per heavy atom. The van der Waals surface area contributed by atoms with Crippen molar-refractivity contribution in [3.8, 4) is 0 Å². The molecule has 0 spiro atoms. The van der Waals surface area contributed by atoms with E-state index in [1.807, 2.05) is 0 Å². The van der Waals surface area contributed by atoms with Crippen LogP contribution in [0.2, 0.25) is 0 Å². The maximum Gasteiger partial charge on any atom is 0.258 e. The zero-order valence-corrected chi connectivity index (χ0v) is 11.5. The molecule has 1 aromatic heterocycles. The van der Waals surface area contributed by atoms with Crippen LogP contribution in [0.25, 0.3) is 0 Å². The van der Waals surface area contributed by atoms with E-state index in [9.17, 15) is 8.42 Å². The average Bonchev–Trinajstić information content (AvgIpc) is 2.39. The molecule has 0 saturated carbocycles. The number of rotatable bonds is 4. The highest BCUT2D eigenvalue weighted by molar-refractivity contribution is 7.99. The van der Waals surface area contributed by atoms with Gasteiger partial charge in [0.25, 0.3) is 10.0 Å². The van der Waals surface area contributed by atoms with Gasteiger partial charge in [0.1, 0.15) is 0 Å². The fourth-order valence-electron chi connectivity index (χ4n) is 1.78. The van der Waals surface area contributed by atoms with Gasteiger partial charge in [-0.3, -0.25) is 0 Å². The Bertz CT molecular complexity index is 482. The third-order valence-corrected chi connectivity index (χ3v) is 5.39. The maximum absolute atomic E-state index is 12.1. The summed E-state index contributed by atoms with van der Waals surface area (Å²) < 4.78 is 26.8. The summed E-state index contributed by atoms with van der Waals surface area (Å²) in [5, 5.41) is 8.89. The first kappa shape index (κ1) is 13.8. The molecule has 0 aromatic carbocycles. The van der Waals surface area contributed by atoms with Gasteiger partial charge in [0.15, 0.2) is 5.03 Å². The number of pyridine rings is 1. The zero-order valence-electron chi connectivity index (χ0n) is 9.87. The lowest BCUT2D eigenvalue weighted by atomic mass is 10.2. The standard InChI is InChI=1S/C11H16N2O3S2/c14-7-9-3-4-11(12-6-9)18(15,16)13-10-2-1-5-17-8-10/h3-4,6,10,13-14H,1-2,5,7-8H2. The topological polar surface area (TPSA) is 79.3 Å². The van der Waals surface area contributed by atoms with E-state index in [2.05, 4.69) is 9.71 Å². The number of nitrogens with zero attached hydrogens (tertiary/aromatic N) is 1. The van der Waals surface area contributed by atoms with E-state index >= 15 is 0 Å². The van der Waals surface area contributed by atoms with Gasteiger partial charge in [-0.2, -0.15) is 11.8 Å². The highest BCUT2D eigenvalue weighted by Gasteiger charge is 2.22. The van der Waals surface area contributed by atoms with Crippen LogP contribution in [0.3, 0.4) is 0 Å². The predicted octanol–water partition coefficient (Wildman–Crippen LogP) is 0.748. The van der Waals surface area contributed by atoms with Crippen LogP contribution in [-0.4, -0.2) is 36.1 Å². The van der Waals surface area contributed by atoms with Gasteiger partial charge in [0.2, 0.25) is 0 Å². The lowest BCUT2D eigenvalue weighted by molar-refractivity contribution is 0.281. The monoisotopic (exact) mass is 288 g/mol. The first-order valence-corrected chi connectivity index (χ1v) is 8.41. The molecule has 2 N–H and O–H groups in total. The molecule has 1 aliphatic rings. The summed E-state index contributed by atoms with van der Waals surface area (Å²) in [6.45, 7) is -0.139. The quantitative estimate of drug-likeness (QED) is 0.854. The third kappa shape index (κ3) is 3.44. The lowest BCUT2D eigenvalue weighted by Crippen LogP contribution is -2.38. The molecule has 0 aliphatic carbocycles. The Balaban J connectivity index is 2.08. The third-order valence-electron chi connectivity index (χ3n) is 2.74. The van der Waals surface area contributed by atoms with Crippen molar-refractivity contribution >= 4 is 21.8 Å². The molecule has 7 heteroatoms. The van der Waals surface area contributed by atoms with Gasteiger partial charge in [-0.25, -0.2) is 18.1 Å². The Morgan fingerprint density at radius 3 is 2.89 bits per heavy atom. The number of aromatic nitrogens is 1. The molecular formula is C11H16N2O3S2. The average molecular weight is 288 g/mol. The summed E-state index contributed by atoms with van der Waals surface area (Å²) in [4.78, 5) is 3.87. The molecule has 5 nitrogen and oxygen atoms in total. The van der Waals surface area contributed by atoms with Gasteiger partial charge in [-0.15, -0.1) is 0 Å². The Labute approximate surface area is 111 Å². The molecule has 1 saturated heterocycles. The highest BCUT2D eigenvalue weighted by atomic mass is 32.2. The van der Waals surface area contributed by atoms with Crippen LogP contribution in [0.4, 0.5) is 0 Å². The summed E-state index contributed by atoms with van der Waals surface area (Å²) in [5.41, 5.74) is 0.599. The second-order valence-electron chi connectivity index (χ2n) is 4.20. The van der Waals surface area contributed by atoms with Gasteiger partial charge >= 0.3 is 0 Å². The molecule has 0 radical (unpaired) electrons. The van der Waals surface area contributed by atoms with E-state index in [4.69, 9.17) is 5.11 Å². The van der Waals surface area contributed by atoms with Gasteiger partial charge in [-0.05, 0) is 30.2 Å². The number of hydrogen-bond donors (Lipinski definition) is 2. The second kappa shape index (κ2) is 6.01. The molecule has 18 heavy (non-hydrogen) atoms. The largest absolute Gasteiger partial charge is 0.392 e. The first-order valence-electron chi connectivity index (χ1n) is 5.78. The summed E-state index contributed by atoms with van der Waals surface area (Å²) >= 11 is 1.76. The fourth-order valence-corrected chi connectivity index (χ4v) is 4.15. The van der Waals surface area contributed by atoms with Crippen molar-refractivity contribution in [2.24, 2.45) is 0 Å². The number of thioether (sulfide) groups is 1. The summed E-state index contributed by atoms with van der Waals surface area (Å²) in [6.07, 6.45) is 3.29.